The fourth-order valence-corrected chi connectivity index (χ4v) is 3.70. The number of nitro groups is 1. The number of methoxy groups -OCH3 is 2. The maximum absolute atomic E-state index is 13.4. The van der Waals surface area contributed by atoms with Gasteiger partial charge in [-0.15, -0.1) is 0 Å². The van der Waals surface area contributed by atoms with Crippen LogP contribution in [0.5, 0.6) is 11.5 Å². The van der Waals surface area contributed by atoms with Gasteiger partial charge in [0.05, 0.1) is 30.5 Å². The molecule has 0 spiro atoms. The van der Waals surface area contributed by atoms with Crippen molar-refractivity contribution in [3.05, 3.63) is 95.1 Å². The standard InChI is InChI=1S/C27H23N3O5/c1-17(2)27(31)29-25(19-9-15-23(35-4)16-10-19)24(18-7-13-22(34-3)14-8-18)28-26(29)20-5-11-21(12-6-20)30(32)33/h5-16H,1H2,2-4H3. The smallest absolute Gasteiger partial charge is 0.269 e. The van der Waals surface area contributed by atoms with E-state index in [9.17, 15) is 14.9 Å². The van der Waals surface area contributed by atoms with Gasteiger partial charge in [-0.25, -0.2) is 4.98 Å². The van der Waals surface area contributed by atoms with Gasteiger partial charge in [-0.3, -0.25) is 19.5 Å². The van der Waals surface area contributed by atoms with Gasteiger partial charge in [-0.1, -0.05) is 6.58 Å². The first kappa shape index (κ1) is 23.4. The maximum Gasteiger partial charge on any atom is 0.269 e. The van der Waals surface area contributed by atoms with Gasteiger partial charge in [0.25, 0.3) is 11.6 Å². The monoisotopic (exact) mass is 469 g/mol. The van der Waals surface area contributed by atoms with Gasteiger partial charge in [0, 0.05) is 34.4 Å². The minimum Gasteiger partial charge on any atom is -0.497 e. The van der Waals surface area contributed by atoms with E-state index in [1.807, 2.05) is 36.4 Å². The number of hydrogen-bond acceptors (Lipinski definition) is 6. The summed E-state index contributed by atoms with van der Waals surface area (Å²) in [6, 6.07) is 20.6. The Bertz CT molecular complexity index is 1400. The Balaban J connectivity index is 2.03. The van der Waals surface area contributed by atoms with Gasteiger partial charge in [0.15, 0.2) is 0 Å². The first-order chi connectivity index (χ1) is 16.8. The van der Waals surface area contributed by atoms with Crippen molar-refractivity contribution in [2.24, 2.45) is 0 Å². The molecule has 4 rings (SSSR count). The molecule has 1 aromatic heterocycles. The van der Waals surface area contributed by atoms with Gasteiger partial charge < -0.3 is 9.47 Å². The molecule has 1 heterocycles. The SMILES string of the molecule is C=C(C)C(=O)n1c(-c2ccc([N+](=O)[O-])cc2)nc(-c2ccc(OC)cc2)c1-c1ccc(OC)cc1. The van der Waals surface area contributed by atoms with Crippen LogP contribution in [0.25, 0.3) is 33.9 Å². The zero-order chi connectivity index (χ0) is 25.1. The Morgan fingerprint density at radius 2 is 1.34 bits per heavy atom. The fraction of sp³-hybridized carbons (Fsp3) is 0.111. The van der Waals surface area contributed by atoms with Gasteiger partial charge >= 0.3 is 0 Å². The summed E-state index contributed by atoms with van der Waals surface area (Å²) in [5, 5.41) is 11.1. The summed E-state index contributed by atoms with van der Waals surface area (Å²) in [4.78, 5) is 29.0. The summed E-state index contributed by atoms with van der Waals surface area (Å²) in [5.74, 6) is 1.38. The minimum atomic E-state index is -0.471. The first-order valence-corrected chi connectivity index (χ1v) is 10.7. The van der Waals surface area contributed by atoms with Crippen molar-refractivity contribution >= 4 is 11.6 Å². The Morgan fingerprint density at radius 3 is 1.80 bits per heavy atom. The highest BCUT2D eigenvalue weighted by Gasteiger charge is 2.26. The number of allylic oxidation sites excluding steroid dienone is 1. The van der Waals surface area contributed by atoms with Gasteiger partial charge in [-0.2, -0.15) is 0 Å². The lowest BCUT2D eigenvalue weighted by Gasteiger charge is -2.13. The van der Waals surface area contributed by atoms with E-state index in [1.54, 1.807) is 45.4 Å². The molecule has 0 unspecified atom stereocenters. The number of imidazole rings is 1. The van der Waals surface area contributed by atoms with Gasteiger partial charge in [-0.05, 0) is 67.6 Å². The summed E-state index contributed by atoms with van der Waals surface area (Å²) in [5.41, 5.74) is 3.48. The fourth-order valence-electron chi connectivity index (χ4n) is 3.70. The van der Waals surface area contributed by atoms with E-state index in [4.69, 9.17) is 14.5 Å². The topological polar surface area (TPSA) is 96.5 Å². The van der Waals surface area contributed by atoms with Gasteiger partial charge in [0.1, 0.15) is 17.3 Å². The number of non-ortho nitro benzene ring substituents is 1. The zero-order valence-corrected chi connectivity index (χ0v) is 19.5. The van der Waals surface area contributed by atoms with Crippen molar-refractivity contribution in [1.29, 1.82) is 0 Å². The predicted octanol–water partition coefficient (Wildman–Crippen LogP) is 6.03. The number of nitro benzene ring substituents is 1. The van der Waals surface area contributed by atoms with E-state index >= 15 is 0 Å². The van der Waals surface area contributed by atoms with Crippen molar-refractivity contribution < 1.29 is 19.2 Å². The average Bonchev–Trinajstić information content (AvgIpc) is 3.28. The number of nitrogens with zero attached hydrogens (tertiary/aromatic N) is 3. The largest absolute Gasteiger partial charge is 0.497 e. The molecule has 0 bridgehead atoms. The van der Waals surface area contributed by atoms with E-state index in [2.05, 4.69) is 6.58 Å². The molecular formula is C27H23N3O5. The zero-order valence-electron chi connectivity index (χ0n) is 19.5. The molecule has 0 radical (unpaired) electrons. The summed E-state index contributed by atoms with van der Waals surface area (Å²) in [7, 11) is 3.17. The van der Waals surface area contributed by atoms with Crippen LogP contribution in [-0.4, -0.2) is 34.6 Å². The number of carbonyl (C=O) groups excluding carboxylic acids is 1. The van der Waals surface area contributed by atoms with Crippen LogP contribution in [0.2, 0.25) is 0 Å². The Morgan fingerprint density at radius 1 is 0.857 bits per heavy atom. The molecule has 0 fully saturated rings. The van der Waals surface area contributed by atoms with Crippen LogP contribution in [0.15, 0.2) is 84.9 Å². The van der Waals surface area contributed by atoms with Crippen molar-refractivity contribution in [3.8, 4) is 45.4 Å². The van der Waals surface area contributed by atoms with E-state index in [0.717, 1.165) is 11.1 Å². The highest BCUT2D eigenvalue weighted by molar-refractivity contribution is 6.02. The highest BCUT2D eigenvalue weighted by atomic mass is 16.6. The Labute approximate surface area is 202 Å². The molecule has 0 amide bonds. The van der Waals surface area contributed by atoms with Crippen LogP contribution in [0.1, 0.15) is 11.7 Å². The molecule has 176 valence electrons. The van der Waals surface area contributed by atoms with Crippen molar-refractivity contribution in [2.75, 3.05) is 14.2 Å². The number of hydrogen-bond donors (Lipinski definition) is 0. The molecule has 4 aromatic rings. The molecule has 0 aliphatic heterocycles. The number of benzene rings is 3. The lowest BCUT2D eigenvalue weighted by atomic mass is 10.0. The van der Waals surface area contributed by atoms with Gasteiger partial charge in [0.2, 0.25) is 0 Å². The molecule has 0 saturated heterocycles. The third-order valence-corrected chi connectivity index (χ3v) is 5.51. The second-order valence-electron chi connectivity index (χ2n) is 7.81. The quantitative estimate of drug-likeness (QED) is 0.186. The molecule has 0 N–H and O–H groups in total. The molecule has 0 aliphatic carbocycles. The number of carbonyl (C=O) groups is 1. The summed E-state index contributed by atoms with van der Waals surface area (Å²) < 4.78 is 12.1. The lowest BCUT2D eigenvalue weighted by molar-refractivity contribution is -0.384. The van der Waals surface area contributed by atoms with Crippen LogP contribution >= 0.6 is 0 Å². The van der Waals surface area contributed by atoms with Crippen molar-refractivity contribution in [1.82, 2.24) is 9.55 Å². The first-order valence-electron chi connectivity index (χ1n) is 10.7. The second-order valence-corrected chi connectivity index (χ2v) is 7.81. The number of aromatic nitrogens is 2. The molecule has 3 aromatic carbocycles. The predicted molar refractivity (Wildman–Crippen MR) is 134 cm³/mol. The van der Waals surface area contributed by atoms with Crippen molar-refractivity contribution in [3.63, 3.8) is 0 Å². The van der Waals surface area contributed by atoms with Crippen LogP contribution in [0, 0.1) is 10.1 Å². The third kappa shape index (κ3) is 4.54. The summed E-state index contributed by atoms with van der Waals surface area (Å²) in [6.07, 6.45) is 0. The second kappa shape index (κ2) is 9.64. The van der Waals surface area contributed by atoms with Crippen LogP contribution in [0.4, 0.5) is 5.69 Å². The van der Waals surface area contributed by atoms with E-state index in [1.165, 1.54) is 16.7 Å². The molecule has 35 heavy (non-hydrogen) atoms. The minimum absolute atomic E-state index is 0.0520. The van der Waals surface area contributed by atoms with Crippen LogP contribution in [0.3, 0.4) is 0 Å². The number of ether oxygens (including phenoxy) is 2. The molecule has 8 heteroatoms. The Hall–Kier alpha value is -4.72. The highest BCUT2D eigenvalue weighted by Crippen LogP contribution is 2.38. The number of rotatable bonds is 7. The molecule has 0 aliphatic rings. The third-order valence-electron chi connectivity index (χ3n) is 5.51. The average molecular weight is 469 g/mol. The van der Waals surface area contributed by atoms with E-state index in [-0.39, 0.29) is 11.6 Å². The van der Waals surface area contributed by atoms with E-state index < -0.39 is 4.92 Å². The molecule has 0 saturated carbocycles. The summed E-state index contributed by atoms with van der Waals surface area (Å²) >= 11 is 0. The molecule has 0 atom stereocenters. The normalized spacial score (nSPS) is 10.6. The molecule has 8 nitrogen and oxygen atoms in total. The summed E-state index contributed by atoms with van der Waals surface area (Å²) in [6.45, 7) is 5.48. The Kier molecular flexibility index (Phi) is 6.46. The maximum atomic E-state index is 13.4. The van der Waals surface area contributed by atoms with Crippen LogP contribution < -0.4 is 9.47 Å². The van der Waals surface area contributed by atoms with Crippen molar-refractivity contribution in [2.45, 2.75) is 6.92 Å². The van der Waals surface area contributed by atoms with Crippen LogP contribution in [-0.2, 0) is 0 Å². The lowest BCUT2D eigenvalue weighted by Crippen LogP contribution is -2.14. The van der Waals surface area contributed by atoms with E-state index in [0.29, 0.717) is 39.8 Å². The molecular weight excluding hydrogens is 446 g/mol.